The average Bonchev–Trinajstić information content (AvgIpc) is 3.19. The molecule has 0 atom stereocenters. The van der Waals surface area contributed by atoms with E-state index in [4.69, 9.17) is 24.7 Å². The molecule has 0 aliphatic heterocycles. The molecule has 0 saturated heterocycles. The zero-order chi connectivity index (χ0) is 32.8. The molecule has 232 valence electrons. The van der Waals surface area contributed by atoms with Gasteiger partial charge in [0, 0.05) is 22.3 Å². The fraction of sp³-hybridized carbons (Fsp3) is 0. The van der Waals surface area contributed by atoms with Gasteiger partial charge in [0.05, 0.1) is 33.9 Å². The summed E-state index contributed by atoms with van der Waals surface area (Å²) in [5.74, 6) is 2.40. The summed E-state index contributed by atoms with van der Waals surface area (Å²) in [4.78, 5) is 20.2. The predicted octanol–water partition coefficient (Wildman–Crippen LogP) is 11.1. The van der Waals surface area contributed by atoms with Crippen molar-refractivity contribution in [2.24, 2.45) is 0 Å². The summed E-state index contributed by atoms with van der Waals surface area (Å²) in [5.41, 5.74) is 8.92. The van der Waals surface area contributed by atoms with E-state index in [0.717, 1.165) is 56.2 Å². The largest absolute Gasteiger partial charge is 0.456 e. The van der Waals surface area contributed by atoms with Gasteiger partial charge in [0.15, 0.2) is 11.6 Å². The third-order valence-corrected chi connectivity index (χ3v) is 8.21. The predicted molar refractivity (Wildman–Crippen MR) is 197 cm³/mol. The van der Waals surface area contributed by atoms with Gasteiger partial charge in [-0.15, -0.1) is 0 Å². The number of benzene rings is 6. The Bertz CT molecular complexity index is 2060. The monoisotopic (exact) mass is 630 g/mol. The van der Waals surface area contributed by atoms with E-state index in [9.17, 15) is 0 Å². The smallest absolute Gasteiger partial charge is 0.164 e. The number of aromatic nitrogens is 4. The summed E-state index contributed by atoms with van der Waals surface area (Å²) >= 11 is 0. The zero-order valence-corrected chi connectivity index (χ0v) is 26.5. The van der Waals surface area contributed by atoms with Crippen molar-refractivity contribution in [3.8, 4) is 79.3 Å². The molecule has 0 radical (unpaired) electrons. The Kier molecular flexibility index (Phi) is 8.21. The number of para-hydroxylation sites is 2. The molecule has 2 aromatic heterocycles. The van der Waals surface area contributed by atoms with Gasteiger partial charge < -0.3 is 4.74 Å². The van der Waals surface area contributed by atoms with Crippen molar-refractivity contribution < 1.29 is 4.74 Å². The number of rotatable bonds is 8. The molecular formula is C44H30N4O. The van der Waals surface area contributed by atoms with E-state index < -0.39 is 0 Å². The fourth-order valence-corrected chi connectivity index (χ4v) is 5.76. The van der Waals surface area contributed by atoms with Crippen LogP contribution >= 0.6 is 0 Å². The highest BCUT2D eigenvalue weighted by molar-refractivity contribution is 5.76. The molecule has 0 aliphatic rings. The molecule has 5 heteroatoms. The van der Waals surface area contributed by atoms with Crippen LogP contribution in [0.2, 0.25) is 0 Å². The van der Waals surface area contributed by atoms with Gasteiger partial charge in [0.2, 0.25) is 0 Å². The van der Waals surface area contributed by atoms with Gasteiger partial charge in [-0.3, -0.25) is 0 Å². The Morgan fingerprint density at radius 1 is 0.286 bits per heavy atom. The van der Waals surface area contributed by atoms with Crippen LogP contribution in [0.25, 0.3) is 67.8 Å². The summed E-state index contributed by atoms with van der Waals surface area (Å²) in [7, 11) is 0. The van der Waals surface area contributed by atoms with Gasteiger partial charge in [-0.25, -0.2) is 19.9 Å². The molecule has 8 rings (SSSR count). The molecular weight excluding hydrogens is 601 g/mol. The van der Waals surface area contributed by atoms with Gasteiger partial charge >= 0.3 is 0 Å². The summed E-state index contributed by atoms with van der Waals surface area (Å²) in [6.07, 6.45) is 0. The van der Waals surface area contributed by atoms with E-state index in [1.54, 1.807) is 0 Å². The Balaban J connectivity index is 1.24. The lowest BCUT2D eigenvalue weighted by Crippen LogP contribution is -1.99. The number of hydrogen-bond acceptors (Lipinski definition) is 5. The molecule has 0 aliphatic carbocycles. The first-order valence-corrected chi connectivity index (χ1v) is 16.1. The summed E-state index contributed by atoms with van der Waals surface area (Å²) in [5, 5.41) is 0. The highest BCUT2D eigenvalue weighted by atomic mass is 16.5. The lowest BCUT2D eigenvalue weighted by Gasteiger charge is -2.15. The quantitative estimate of drug-likeness (QED) is 0.167. The number of hydrogen-bond donors (Lipinski definition) is 0. The van der Waals surface area contributed by atoms with Crippen LogP contribution in [0.3, 0.4) is 0 Å². The summed E-state index contributed by atoms with van der Waals surface area (Å²) in [6.45, 7) is 0. The molecule has 0 fully saturated rings. The van der Waals surface area contributed by atoms with Gasteiger partial charge in [-0.2, -0.15) is 0 Å². The number of ether oxygens (including phenoxy) is 1. The van der Waals surface area contributed by atoms with Gasteiger partial charge in [0.25, 0.3) is 0 Å². The maximum atomic E-state index is 6.77. The van der Waals surface area contributed by atoms with E-state index in [1.807, 2.05) is 133 Å². The Labute approximate surface area is 285 Å². The minimum Gasteiger partial charge on any atom is -0.456 e. The van der Waals surface area contributed by atoms with Crippen molar-refractivity contribution in [3.63, 3.8) is 0 Å². The maximum absolute atomic E-state index is 6.77. The first-order valence-electron chi connectivity index (χ1n) is 16.1. The third kappa shape index (κ3) is 6.46. The van der Waals surface area contributed by atoms with Crippen LogP contribution in [0.5, 0.6) is 11.5 Å². The summed E-state index contributed by atoms with van der Waals surface area (Å²) < 4.78 is 6.77. The van der Waals surface area contributed by atoms with E-state index in [0.29, 0.717) is 23.1 Å². The van der Waals surface area contributed by atoms with Crippen LogP contribution in [-0.4, -0.2) is 19.9 Å². The van der Waals surface area contributed by atoms with Gasteiger partial charge in [-0.1, -0.05) is 146 Å². The molecule has 0 N–H and O–H groups in total. The van der Waals surface area contributed by atoms with Crippen molar-refractivity contribution in [2.75, 3.05) is 0 Å². The third-order valence-electron chi connectivity index (χ3n) is 8.21. The van der Waals surface area contributed by atoms with E-state index >= 15 is 0 Å². The van der Waals surface area contributed by atoms with Gasteiger partial charge in [0.1, 0.15) is 11.5 Å². The van der Waals surface area contributed by atoms with Crippen LogP contribution in [-0.2, 0) is 0 Å². The van der Waals surface area contributed by atoms with Crippen LogP contribution in [0.1, 0.15) is 0 Å². The van der Waals surface area contributed by atoms with Crippen LogP contribution in [0.15, 0.2) is 182 Å². The van der Waals surface area contributed by atoms with E-state index in [-0.39, 0.29) is 0 Å². The van der Waals surface area contributed by atoms with Crippen molar-refractivity contribution in [1.29, 1.82) is 0 Å². The molecule has 49 heavy (non-hydrogen) atoms. The van der Waals surface area contributed by atoms with E-state index in [2.05, 4.69) is 48.5 Å². The Morgan fingerprint density at radius 2 is 0.551 bits per heavy atom. The van der Waals surface area contributed by atoms with Crippen molar-refractivity contribution in [1.82, 2.24) is 19.9 Å². The van der Waals surface area contributed by atoms with E-state index in [1.165, 1.54) is 0 Å². The lowest BCUT2D eigenvalue weighted by molar-refractivity contribution is 0.485. The second-order valence-electron chi connectivity index (χ2n) is 11.5. The van der Waals surface area contributed by atoms with Crippen LogP contribution in [0.4, 0.5) is 0 Å². The number of nitrogens with zero attached hydrogens (tertiary/aromatic N) is 4. The molecule has 0 bridgehead atoms. The molecule has 0 spiro atoms. The molecule has 0 amide bonds. The molecule has 6 aromatic carbocycles. The van der Waals surface area contributed by atoms with Crippen molar-refractivity contribution in [3.05, 3.63) is 182 Å². The highest BCUT2D eigenvalue weighted by Crippen LogP contribution is 2.38. The Hall–Kier alpha value is -6.72. The first kappa shape index (κ1) is 29.7. The maximum Gasteiger partial charge on any atom is 0.164 e. The minimum atomic E-state index is 0.571. The molecule has 0 saturated carbocycles. The highest BCUT2D eigenvalue weighted by Gasteiger charge is 2.18. The second-order valence-corrected chi connectivity index (χ2v) is 11.5. The fourth-order valence-electron chi connectivity index (χ4n) is 5.76. The average molecular weight is 631 g/mol. The summed E-state index contributed by atoms with van der Waals surface area (Å²) in [6, 6.07) is 60.5. The van der Waals surface area contributed by atoms with Crippen molar-refractivity contribution >= 4 is 0 Å². The van der Waals surface area contributed by atoms with Crippen LogP contribution < -0.4 is 4.74 Å². The van der Waals surface area contributed by atoms with Crippen molar-refractivity contribution in [2.45, 2.75) is 0 Å². The Morgan fingerprint density at radius 3 is 0.857 bits per heavy atom. The lowest BCUT2D eigenvalue weighted by atomic mass is 10.1. The topological polar surface area (TPSA) is 60.8 Å². The molecule has 5 nitrogen and oxygen atoms in total. The molecule has 0 unspecified atom stereocenters. The molecule has 8 aromatic rings. The second kappa shape index (κ2) is 13.6. The first-order chi connectivity index (χ1) is 24.3. The normalized spacial score (nSPS) is 10.9. The molecule has 2 heterocycles. The van der Waals surface area contributed by atoms with Gasteiger partial charge in [-0.05, 0) is 36.4 Å². The minimum absolute atomic E-state index is 0.571. The van der Waals surface area contributed by atoms with Crippen LogP contribution in [0, 0.1) is 0 Å². The standard InChI is InChI=1S/C44H30N4O/c1-5-17-31(18-6-1)37-29-38(32-19-7-2-8-20-32)46-43(45-37)35-25-13-15-27-41(35)49-42-28-16-14-26-36(42)44-47-39(33-21-9-3-10-22-33)30-40(48-44)34-23-11-4-12-24-34/h1-30H. The zero-order valence-electron chi connectivity index (χ0n) is 26.5. The SMILES string of the molecule is c1ccc(-c2cc(-c3ccccc3)nc(-c3ccccc3Oc3ccccc3-c3nc(-c4ccccc4)cc(-c4ccccc4)n3)n2)cc1.